The van der Waals surface area contributed by atoms with Gasteiger partial charge in [-0.2, -0.15) is 0 Å². The molecule has 2 aliphatic heterocycles. The molecule has 2 fully saturated rings. The Balaban J connectivity index is 1.93. The van der Waals surface area contributed by atoms with Gasteiger partial charge in [0.2, 0.25) is 0 Å². The fraction of sp³-hybridized carbons (Fsp3) is 0.800. The molecule has 2 rings (SSSR count). The second kappa shape index (κ2) is 4.69. The number of amides is 2. The maximum atomic E-state index is 11.9. The molecular formula is C10H16N2O4. The number of ether oxygens (including phenoxy) is 1. The van der Waals surface area contributed by atoms with Crippen molar-refractivity contribution >= 4 is 12.0 Å². The maximum Gasteiger partial charge on any atom is 0.407 e. The van der Waals surface area contributed by atoms with Gasteiger partial charge >= 0.3 is 6.09 Å². The second-order valence-corrected chi connectivity index (χ2v) is 4.12. The van der Waals surface area contributed by atoms with Gasteiger partial charge in [0.1, 0.15) is 0 Å². The quantitative estimate of drug-likeness (QED) is 0.685. The van der Waals surface area contributed by atoms with Crippen LogP contribution in [0.1, 0.15) is 12.8 Å². The van der Waals surface area contributed by atoms with Crippen LogP contribution in [0.3, 0.4) is 0 Å². The first kappa shape index (κ1) is 11.2. The Hall–Kier alpha value is -1.30. The van der Waals surface area contributed by atoms with Crippen molar-refractivity contribution in [3.8, 4) is 0 Å². The lowest BCUT2D eigenvalue weighted by Gasteiger charge is -2.32. The Morgan fingerprint density at radius 2 is 1.81 bits per heavy atom. The molecule has 0 radical (unpaired) electrons. The Morgan fingerprint density at radius 1 is 1.12 bits per heavy atom. The van der Waals surface area contributed by atoms with Crippen molar-refractivity contribution in [3.05, 3.63) is 0 Å². The van der Waals surface area contributed by atoms with Crippen molar-refractivity contribution < 1.29 is 19.4 Å². The Labute approximate surface area is 93.8 Å². The fourth-order valence-electron chi connectivity index (χ4n) is 2.11. The summed E-state index contributed by atoms with van der Waals surface area (Å²) in [6, 6.07) is 0. The van der Waals surface area contributed by atoms with Gasteiger partial charge in [-0.15, -0.1) is 0 Å². The molecule has 0 saturated carbocycles. The second-order valence-electron chi connectivity index (χ2n) is 4.12. The summed E-state index contributed by atoms with van der Waals surface area (Å²) in [6.45, 7) is 2.35. The van der Waals surface area contributed by atoms with E-state index in [1.54, 1.807) is 4.90 Å². The van der Waals surface area contributed by atoms with Crippen LogP contribution in [0.15, 0.2) is 0 Å². The van der Waals surface area contributed by atoms with Crippen molar-refractivity contribution in [2.75, 3.05) is 32.8 Å². The molecule has 2 amide bonds. The number of hydrogen-bond acceptors (Lipinski definition) is 3. The summed E-state index contributed by atoms with van der Waals surface area (Å²) < 4.78 is 5.34. The molecule has 1 atom stereocenters. The number of carbonyl (C=O) groups is 2. The van der Waals surface area contributed by atoms with E-state index in [2.05, 4.69) is 0 Å². The standard InChI is InChI=1S/C10H16N2O4/c13-9(11-3-1-2-4-11)8-7-12(10(14)15)5-6-16-8/h8H,1-7H2,(H,14,15). The van der Waals surface area contributed by atoms with Gasteiger partial charge in [0.25, 0.3) is 5.91 Å². The number of hydrogen-bond donors (Lipinski definition) is 1. The van der Waals surface area contributed by atoms with E-state index in [0.717, 1.165) is 25.9 Å². The van der Waals surface area contributed by atoms with E-state index in [-0.39, 0.29) is 12.5 Å². The number of carboxylic acid groups (broad SMARTS) is 1. The van der Waals surface area contributed by atoms with E-state index in [0.29, 0.717) is 13.2 Å². The van der Waals surface area contributed by atoms with E-state index in [1.807, 2.05) is 0 Å². The van der Waals surface area contributed by atoms with Crippen LogP contribution in [0.25, 0.3) is 0 Å². The van der Waals surface area contributed by atoms with Gasteiger partial charge in [0.05, 0.1) is 13.2 Å². The average molecular weight is 228 g/mol. The van der Waals surface area contributed by atoms with Crippen LogP contribution in [-0.2, 0) is 9.53 Å². The van der Waals surface area contributed by atoms with Crippen LogP contribution < -0.4 is 0 Å². The topological polar surface area (TPSA) is 70.1 Å². The summed E-state index contributed by atoms with van der Waals surface area (Å²) >= 11 is 0. The van der Waals surface area contributed by atoms with E-state index in [4.69, 9.17) is 9.84 Å². The lowest BCUT2D eigenvalue weighted by Crippen LogP contribution is -2.51. The summed E-state index contributed by atoms with van der Waals surface area (Å²) in [7, 11) is 0. The summed E-state index contributed by atoms with van der Waals surface area (Å²) in [5.41, 5.74) is 0. The summed E-state index contributed by atoms with van der Waals surface area (Å²) in [4.78, 5) is 25.7. The molecule has 0 bridgehead atoms. The van der Waals surface area contributed by atoms with Gasteiger partial charge in [0.15, 0.2) is 6.10 Å². The minimum Gasteiger partial charge on any atom is -0.465 e. The SMILES string of the molecule is O=C(O)N1CCOC(C(=O)N2CCCC2)C1. The van der Waals surface area contributed by atoms with Crippen LogP contribution in [0.2, 0.25) is 0 Å². The van der Waals surface area contributed by atoms with Crippen LogP contribution in [-0.4, -0.2) is 65.8 Å². The number of carbonyl (C=O) groups excluding carboxylic acids is 1. The average Bonchev–Trinajstić information content (AvgIpc) is 2.81. The number of morpholine rings is 1. The number of likely N-dealkylation sites (tertiary alicyclic amines) is 1. The van der Waals surface area contributed by atoms with Crippen molar-refractivity contribution in [1.82, 2.24) is 9.80 Å². The third kappa shape index (κ3) is 2.27. The van der Waals surface area contributed by atoms with E-state index >= 15 is 0 Å². The number of nitrogens with zero attached hydrogens (tertiary/aromatic N) is 2. The van der Waals surface area contributed by atoms with Gasteiger partial charge in [-0.05, 0) is 12.8 Å². The molecule has 2 aliphatic rings. The predicted molar refractivity (Wildman–Crippen MR) is 55.2 cm³/mol. The fourth-order valence-corrected chi connectivity index (χ4v) is 2.11. The molecule has 6 heteroatoms. The molecule has 1 N–H and O–H groups in total. The minimum atomic E-state index is -0.984. The van der Waals surface area contributed by atoms with E-state index < -0.39 is 12.2 Å². The predicted octanol–water partition coefficient (Wildman–Crippen LogP) is -0.0124. The molecule has 90 valence electrons. The highest BCUT2D eigenvalue weighted by Gasteiger charge is 2.32. The molecular weight excluding hydrogens is 212 g/mol. The molecule has 0 aliphatic carbocycles. The van der Waals surface area contributed by atoms with Crippen molar-refractivity contribution in [2.45, 2.75) is 18.9 Å². The lowest BCUT2D eigenvalue weighted by molar-refractivity contribution is -0.147. The largest absolute Gasteiger partial charge is 0.465 e. The van der Waals surface area contributed by atoms with Crippen LogP contribution >= 0.6 is 0 Å². The van der Waals surface area contributed by atoms with Crippen LogP contribution in [0.4, 0.5) is 4.79 Å². The Bertz CT molecular complexity index is 289. The summed E-state index contributed by atoms with van der Waals surface area (Å²) in [5, 5.41) is 8.85. The zero-order chi connectivity index (χ0) is 11.5. The first-order valence-corrected chi connectivity index (χ1v) is 5.57. The first-order chi connectivity index (χ1) is 7.68. The lowest BCUT2D eigenvalue weighted by atomic mass is 10.2. The molecule has 0 aromatic carbocycles. The van der Waals surface area contributed by atoms with Crippen LogP contribution in [0, 0.1) is 0 Å². The highest BCUT2D eigenvalue weighted by atomic mass is 16.5. The smallest absolute Gasteiger partial charge is 0.407 e. The Kier molecular flexibility index (Phi) is 3.28. The molecule has 2 heterocycles. The first-order valence-electron chi connectivity index (χ1n) is 5.57. The third-order valence-corrected chi connectivity index (χ3v) is 3.03. The normalized spacial score (nSPS) is 25.9. The maximum absolute atomic E-state index is 11.9. The third-order valence-electron chi connectivity index (χ3n) is 3.03. The molecule has 0 aromatic heterocycles. The van der Waals surface area contributed by atoms with Crippen LogP contribution in [0.5, 0.6) is 0 Å². The highest BCUT2D eigenvalue weighted by Crippen LogP contribution is 2.13. The highest BCUT2D eigenvalue weighted by molar-refractivity contribution is 5.82. The van der Waals surface area contributed by atoms with Gasteiger partial charge < -0.3 is 19.6 Å². The minimum absolute atomic E-state index is 0.0662. The molecule has 0 spiro atoms. The molecule has 0 aromatic rings. The van der Waals surface area contributed by atoms with Gasteiger partial charge in [0, 0.05) is 19.6 Å². The Morgan fingerprint density at radius 3 is 2.44 bits per heavy atom. The van der Waals surface area contributed by atoms with E-state index in [9.17, 15) is 9.59 Å². The molecule has 1 unspecified atom stereocenters. The van der Waals surface area contributed by atoms with Crippen molar-refractivity contribution in [2.24, 2.45) is 0 Å². The molecule has 16 heavy (non-hydrogen) atoms. The van der Waals surface area contributed by atoms with Crippen molar-refractivity contribution in [3.63, 3.8) is 0 Å². The van der Waals surface area contributed by atoms with Gasteiger partial charge in [-0.1, -0.05) is 0 Å². The zero-order valence-electron chi connectivity index (χ0n) is 9.09. The summed E-state index contributed by atoms with van der Waals surface area (Å²) in [5.74, 6) is -0.0662. The zero-order valence-corrected chi connectivity index (χ0v) is 9.09. The molecule has 2 saturated heterocycles. The molecule has 6 nitrogen and oxygen atoms in total. The summed E-state index contributed by atoms with van der Waals surface area (Å²) in [6.07, 6.45) is 0.466. The van der Waals surface area contributed by atoms with Gasteiger partial charge in [-0.25, -0.2) is 4.79 Å². The van der Waals surface area contributed by atoms with Gasteiger partial charge in [-0.3, -0.25) is 4.79 Å². The number of rotatable bonds is 1. The monoisotopic (exact) mass is 228 g/mol. The van der Waals surface area contributed by atoms with E-state index in [1.165, 1.54) is 4.90 Å². The van der Waals surface area contributed by atoms with Crippen molar-refractivity contribution in [1.29, 1.82) is 0 Å².